The minimum atomic E-state index is -4.00. The number of aromatic nitrogens is 2. The topological polar surface area (TPSA) is 183 Å². The molecule has 0 saturated carbocycles. The molecule has 0 amide bonds. The van der Waals surface area contributed by atoms with Gasteiger partial charge in [0, 0.05) is 37.6 Å². The summed E-state index contributed by atoms with van der Waals surface area (Å²) in [7, 11) is -7.84. The van der Waals surface area contributed by atoms with Gasteiger partial charge in [-0.15, -0.1) is 0 Å². The lowest BCUT2D eigenvalue weighted by Gasteiger charge is -2.05. The maximum Gasteiger partial charge on any atom is 0.339 e. The molecule has 19 heteroatoms. The maximum absolute atomic E-state index is 11.8. The van der Waals surface area contributed by atoms with Crippen LogP contribution in [0, 0.1) is 0 Å². The number of hydrogen-bond acceptors (Lipinski definition) is 7. The van der Waals surface area contributed by atoms with Gasteiger partial charge in [-0.3, -0.25) is 14.3 Å². The molecule has 2 aromatic heterocycles. The fourth-order valence-corrected chi connectivity index (χ4v) is 5.09. The average Bonchev–Trinajstić information content (AvgIpc) is 2.72. The van der Waals surface area contributed by atoms with Crippen molar-refractivity contribution in [2.75, 3.05) is 0 Å². The van der Waals surface area contributed by atoms with Crippen LogP contribution < -0.4 is 15.7 Å². The monoisotopic (exact) mass is 774 g/mol. The first-order valence-electron chi connectivity index (χ1n) is 9.08. The Labute approximate surface area is 246 Å². The van der Waals surface area contributed by atoms with Gasteiger partial charge in [0.05, 0.1) is 10.5 Å². The molecule has 0 unspecified atom stereocenters. The molecule has 37 heavy (non-hydrogen) atoms. The Bertz CT molecular complexity index is 1810. The Morgan fingerprint density at radius 1 is 0.865 bits per heavy atom. The number of nitrogens with one attached hydrogen (secondary N) is 1. The molecule has 0 aliphatic rings. The largest absolute Gasteiger partial charge is 0.360 e. The summed E-state index contributed by atoms with van der Waals surface area (Å²) < 4.78 is 55.7. The molecular formula is C18H13Br2Cl4N4O6PS2. The zero-order valence-electron chi connectivity index (χ0n) is 17.7. The van der Waals surface area contributed by atoms with Crippen molar-refractivity contribution >= 4 is 124 Å². The molecule has 0 bridgehead atoms. The molecule has 4 rings (SSSR count). The molecule has 0 atom stereocenters. The number of primary sulfonamides is 2. The number of H-pyrrole nitrogens is 1. The SMILES string of the molecule is NS(=O)(=O)c1c[nH]c2ccc(Br)cc2c1=O.NS(=O)(=O)c1cnc2ccc(Br)cc2c1Cl.O=P(Cl)(Cl)Cl. The van der Waals surface area contributed by atoms with Crippen molar-refractivity contribution in [2.45, 2.75) is 9.79 Å². The molecule has 200 valence electrons. The van der Waals surface area contributed by atoms with Gasteiger partial charge in [-0.25, -0.2) is 27.1 Å². The van der Waals surface area contributed by atoms with Gasteiger partial charge in [0.25, 0.3) is 0 Å². The van der Waals surface area contributed by atoms with Crippen molar-refractivity contribution < 1.29 is 21.4 Å². The predicted molar refractivity (Wildman–Crippen MR) is 155 cm³/mol. The first kappa shape index (κ1) is 32.4. The number of hydrogen-bond donors (Lipinski definition) is 3. The number of benzene rings is 2. The lowest BCUT2D eigenvalue weighted by molar-refractivity contribution is 0.595. The molecule has 0 spiro atoms. The molecule has 2 aromatic carbocycles. The Balaban J connectivity index is 0.000000221. The summed E-state index contributed by atoms with van der Waals surface area (Å²) in [6.45, 7) is 0. The highest BCUT2D eigenvalue weighted by Gasteiger charge is 2.16. The number of pyridine rings is 2. The highest BCUT2D eigenvalue weighted by molar-refractivity contribution is 9.10. The molecule has 0 fully saturated rings. The molecular weight excluding hydrogens is 765 g/mol. The van der Waals surface area contributed by atoms with Gasteiger partial charge < -0.3 is 4.98 Å². The zero-order valence-corrected chi connectivity index (χ0v) is 26.4. The smallest absolute Gasteiger partial charge is 0.339 e. The quantitative estimate of drug-likeness (QED) is 0.207. The van der Waals surface area contributed by atoms with Crippen LogP contribution in [0.4, 0.5) is 0 Å². The number of nitrogens with two attached hydrogens (primary N) is 2. The first-order chi connectivity index (χ1) is 16.8. The number of rotatable bonds is 2. The lowest BCUT2D eigenvalue weighted by atomic mass is 10.2. The average molecular weight is 778 g/mol. The second-order valence-corrected chi connectivity index (χ2v) is 18.7. The van der Waals surface area contributed by atoms with E-state index < -0.39 is 35.6 Å². The van der Waals surface area contributed by atoms with Gasteiger partial charge in [0.1, 0.15) is 9.79 Å². The highest BCUT2D eigenvalue weighted by Crippen LogP contribution is 2.61. The third-order valence-electron chi connectivity index (χ3n) is 4.15. The van der Waals surface area contributed by atoms with Crippen LogP contribution in [0.15, 0.2) is 72.3 Å². The molecule has 5 N–H and O–H groups in total. The summed E-state index contributed by atoms with van der Waals surface area (Å²) in [5, 5.41) is 7.64. The van der Waals surface area contributed by atoms with E-state index in [4.69, 9.17) is 21.9 Å². The number of nitrogens with zero attached hydrogens (tertiary/aromatic N) is 1. The Morgan fingerprint density at radius 3 is 1.86 bits per heavy atom. The van der Waals surface area contributed by atoms with Crippen LogP contribution in [0.1, 0.15) is 0 Å². The van der Waals surface area contributed by atoms with E-state index >= 15 is 0 Å². The van der Waals surface area contributed by atoms with Crippen LogP contribution >= 0.6 is 82.4 Å². The fourth-order valence-electron chi connectivity index (χ4n) is 2.70. The molecule has 0 aliphatic heterocycles. The molecule has 4 aromatic rings. The van der Waals surface area contributed by atoms with Crippen LogP contribution in [0.25, 0.3) is 21.8 Å². The minimum absolute atomic E-state index is 0.0915. The van der Waals surface area contributed by atoms with E-state index in [1.165, 1.54) is 0 Å². The normalized spacial score (nSPS) is 11.9. The standard InChI is InChI=1S/C9H6BrClN2O2S.C9H7BrN2O3S.Cl3OP/c10-5-1-2-7-6(3-5)9(11)8(4-13-7)16(12,14)15;10-5-1-2-7-6(3-5)9(13)8(4-12-7)16(11,14)15;1-5(2,3)4/h1-4H,(H2,12,14,15);1-4H,(H,12,13)(H2,11,14,15);. The van der Waals surface area contributed by atoms with Gasteiger partial charge in [0.2, 0.25) is 25.5 Å². The van der Waals surface area contributed by atoms with E-state index in [1.807, 2.05) is 0 Å². The zero-order chi connectivity index (χ0) is 28.3. The van der Waals surface area contributed by atoms with E-state index in [0.717, 1.165) is 16.9 Å². The molecule has 0 radical (unpaired) electrons. The molecule has 10 nitrogen and oxygen atoms in total. The number of sulfonamides is 2. The summed E-state index contributed by atoms with van der Waals surface area (Å²) in [5.41, 5.74) is 0.568. The van der Waals surface area contributed by atoms with Crippen LogP contribution in [-0.2, 0) is 24.6 Å². The van der Waals surface area contributed by atoms with Gasteiger partial charge >= 0.3 is 5.20 Å². The van der Waals surface area contributed by atoms with E-state index in [2.05, 4.69) is 75.6 Å². The van der Waals surface area contributed by atoms with Crippen molar-refractivity contribution in [2.24, 2.45) is 10.3 Å². The van der Waals surface area contributed by atoms with E-state index in [1.54, 1.807) is 36.4 Å². The third kappa shape index (κ3) is 9.73. The Hall–Kier alpha value is -0.770. The second kappa shape index (κ2) is 12.6. The van der Waals surface area contributed by atoms with Crippen molar-refractivity contribution in [3.8, 4) is 0 Å². The summed E-state index contributed by atoms with van der Waals surface area (Å²) in [6.07, 6.45) is 2.27. The summed E-state index contributed by atoms with van der Waals surface area (Å²) in [4.78, 5) is 17.9. The van der Waals surface area contributed by atoms with Gasteiger partial charge in [0.15, 0.2) is 0 Å². The van der Waals surface area contributed by atoms with Crippen molar-refractivity contribution in [1.29, 1.82) is 0 Å². The maximum atomic E-state index is 11.8. The van der Waals surface area contributed by atoms with E-state index in [9.17, 15) is 26.2 Å². The van der Waals surface area contributed by atoms with Crippen molar-refractivity contribution in [3.63, 3.8) is 0 Å². The lowest BCUT2D eigenvalue weighted by Crippen LogP contribution is -2.21. The minimum Gasteiger partial charge on any atom is -0.360 e. The first-order valence-corrected chi connectivity index (χ1v) is 18.6. The van der Waals surface area contributed by atoms with E-state index in [-0.39, 0.29) is 15.3 Å². The fraction of sp³-hybridized carbons (Fsp3) is 0. The number of aromatic amines is 1. The third-order valence-corrected chi connectivity index (χ3v) is 7.50. The summed E-state index contributed by atoms with van der Waals surface area (Å²) >= 11 is 26.3. The van der Waals surface area contributed by atoms with Crippen LogP contribution in [0.3, 0.4) is 0 Å². The van der Waals surface area contributed by atoms with Gasteiger partial charge in [-0.05, 0) is 70.1 Å². The van der Waals surface area contributed by atoms with Crippen molar-refractivity contribution in [1.82, 2.24) is 9.97 Å². The van der Waals surface area contributed by atoms with Crippen LogP contribution in [0.2, 0.25) is 5.02 Å². The van der Waals surface area contributed by atoms with Crippen LogP contribution in [-0.4, -0.2) is 26.8 Å². The summed E-state index contributed by atoms with van der Waals surface area (Å²) in [6, 6.07) is 10.2. The highest BCUT2D eigenvalue weighted by atomic mass is 79.9. The molecule has 0 aliphatic carbocycles. The number of fused-ring (bicyclic) bond motifs is 2. The Morgan fingerprint density at radius 2 is 1.35 bits per heavy atom. The second-order valence-electron chi connectivity index (χ2n) is 6.76. The molecule has 0 saturated heterocycles. The molecule has 2 heterocycles. The van der Waals surface area contributed by atoms with Gasteiger partial charge in [-0.1, -0.05) is 43.5 Å². The van der Waals surface area contributed by atoms with Gasteiger partial charge in [-0.2, -0.15) is 0 Å². The van der Waals surface area contributed by atoms with E-state index in [0.29, 0.717) is 20.9 Å². The van der Waals surface area contributed by atoms with Crippen molar-refractivity contribution in [3.05, 3.63) is 73.0 Å². The predicted octanol–water partition coefficient (Wildman–Crippen LogP) is 6.05. The number of halogens is 6. The van der Waals surface area contributed by atoms with Crippen LogP contribution in [0.5, 0.6) is 0 Å². The summed E-state index contributed by atoms with van der Waals surface area (Å²) in [5.74, 6) is 0. The Kier molecular flexibility index (Phi) is 11.1.